The van der Waals surface area contributed by atoms with Crippen LogP contribution in [0.15, 0.2) is 36.8 Å². The molecule has 0 unspecified atom stereocenters. The van der Waals surface area contributed by atoms with Gasteiger partial charge in [-0.3, -0.25) is 0 Å². The summed E-state index contributed by atoms with van der Waals surface area (Å²) < 4.78 is 1.76. The number of anilines is 1. The molecule has 2 aromatic heterocycles. The van der Waals surface area contributed by atoms with Gasteiger partial charge in [-0.1, -0.05) is 17.7 Å². The maximum Gasteiger partial charge on any atom is 0.168 e. The highest BCUT2D eigenvalue weighted by molar-refractivity contribution is 6.30. The van der Waals surface area contributed by atoms with Crippen LogP contribution in [0.3, 0.4) is 0 Å². The topological polar surface area (TPSA) is 46.8 Å². The Labute approximate surface area is 115 Å². The second kappa shape index (κ2) is 4.51. The highest BCUT2D eigenvalue weighted by atomic mass is 35.5. The van der Waals surface area contributed by atoms with Crippen molar-refractivity contribution in [2.24, 2.45) is 0 Å². The van der Waals surface area contributed by atoms with Crippen molar-refractivity contribution >= 4 is 28.5 Å². The molecule has 0 atom stereocenters. The Morgan fingerprint density at radius 3 is 2.79 bits per heavy atom. The Morgan fingerprint density at radius 2 is 2.05 bits per heavy atom. The molecule has 0 N–H and O–H groups in total. The lowest BCUT2D eigenvalue weighted by atomic mass is 10.3. The van der Waals surface area contributed by atoms with Crippen LogP contribution in [0, 0.1) is 0 Å². The van der Waals surface area contributed by atoms with Crippen molar-refractivity contribution in [3.63, 3.8) is 0 Å². The van der Waals surface area contributed by atoms with Crippen molar-refractivity contribution in [1.29, 1.82) is 0 Å². The first-order valence-corrected chi connectivity index (χ1v) is 6.16. The largest absolute Gasteiger partial charge is 0.362 e. The first-order chi connectivity index (χ1) is 9.16. The van der Waals surface area contributed by atoms with Gasteiger partial charge in [0.05, 0.1) is 17.3 Å². The van der Waals surface area contributed by atoms with Gasteiger partial charge in [0.25, 0.3) is 0 Å². The van der Waals surface area contributed by atoms with Gasteiger partial charge in [0.1, 0.15) is 12.1 Å². The van der Waals surface area contributed by atoms with E-state index in [0.717, 1.165) is 22.5 Å². The smallest absolute Gasteiger partial charge is 0.168 e. The average molecular weight is 274 g/mol. The van der Waals surface area contributed by atoms with Gasteiger partial charge in [-0.15, -0.1) is 0 Å². The second-order valence-corrected chi connectivity index (χ2v) is 4.80. The van der Waals surface area contributed by atoms with Crippen LogP contribution in [0.25, 0.3) is 16.7 Å². The highest BCUT2D eigenvalue weighted by Gasteiger charge is 2.12. The zero-order chi connectivity index (χ0) is 13.4. The van der Waals surface area contributed by atoms with Crippen LogP contribution in [0.4, 0.5) is 5.82 Å². The molecule has 0 aliphatic carbocycles. The summed E-state index contributed by atoms with van der Waals surface area (Å²) in [6.45, 7) is 0. The number of hydrogen-bond acceptors (Lipinski definition) is 4. The fourth-order valence-electron chi connectivity index (χ4n) is 1.98. The number of benzene rings is 1. The Bertz CT molecular complexity index is 735. The van der Waals surface area contributed by atoms with Gasteiger partial charge in [-0.05, 0) is 18.2 Å². The lowest BCUT2D eigenvalue weighted by Crippen LogP contribution is -2.11. The van der Waals surface area contributed by atoms with Crippen LogP contribution in [-0.4, -0.2) is 33.8 Å². The molecule has 96 valence electrons. The van der Waals surface area contributed by atoms with E-state index in [1.807, 2.05) is 43.3 Å². The fraction of sp³-hybridized carbons (Fsp3) is 0.154. The number of fused-ring (bicyclic) bond motifs is 1. The maximum absolute atomic E-state index is 6.01. The minimum atomic E-state index is 0.669. The average Bonchev–Trinajstić information content (AvgIpc) is 2.82. The Kier molecular flexibility index (Phi) is 2.83. The molecule has 2 heterocycles. The Hall–Kier alpha value is -2.14. The first kappa shape index (κ1) is 11.9. The molecule has 6 heteroatoms. The van der Waals surface area contributed by atoms with Crippen LogP contribution < -0.4 is 4.90 Å². The van der Waals surface area contributed by atoms with Crippen LogP contribution in [-0.2, 0) is 0 Å². The van der Waals surface area contributed by atoms with Crippen molar-refractivity contribution in [3.05, 3.63) is 41.8 Å². The van der Waals surface area contributed by atoms with Crippen molar-refractivity contribution in [2.45, 2.75) is 0 Å². The molecular weight excluding hydrogens is 262 g/mol. The second-order valence-electron chi connectivity index (χ2n) is 4.37. The number of aromatic nitrogens is 4. The molecule has 1 aromatic carbocycles. The summed E-state index contributed by atoms with van der Waals surface area (Å²) in [5.74, 6) is 0.846. The van der Waals surface area contributed by atoms with Gasteiger partial charge in [0.15, 0.2) is 5.65 Å². The predicted molar refractivity (Wildman–Crippen MR) is 76.0 cm³/mol. The van der Waals surface area contributed by atoms with Gasteiger partial charge in [0.2, 0.25) is 0 Å². The molecule has 0 aliphatic heterocycles. The van der Waals surface area contributed by atoms with Crippen LogP contribution in [0.2, 0.25) is 5.02 Å². The van der Waals surface area contributed by atoms with Gasteiger partial charge in [0, 0.05) is 19.1 Å². The predicted octanol–water partition coefficient (Wildman–Crippen LogP) is 2.53. The van der Waals surface area contributed by atoms with E-state index in [2.05, 4.69) is 15.1 Å². The summed E-state index contributed by atoms with van der Waals surface area (Å²) in [5, 5.41) is 5.96. The summed E-state index contributed by atoms with van der Waals surface area (Å²) >= 11 is 6.01. The molecule has 3 aromatic rings. The lowest BCUT2D eigenvalue weighted by molar-refractivity contribution is 0.894. The summed E-state index contributed by atoms with van der Waals surface area (Å²) in [5.41, 5.74) is 1.65. The van der Waals surface area contributed by atoms with Crippen molar-refractivity contribution in [3.8, 4) is 5.69 Å². The third-order valence-electron chi connectivity index (χ3n) is 2.82. The van der Waals surface area contributed by atoms with E-state index in [1.165, 1.54) is 0 Å². The third kappa shape index (κ3) is 2.02. The molecule has 5 nitrogen and oxygen atoms in total. The van der Waals surface area contributed by atoms with E-state index < -0.39 is 0 Å². The minimum Gasteiger partial charge on any atom is -0.362 e. The molecule has 0 aliphatic rings. The Balaban J connectivity index is 2.24. The molecule has 0 amide bonds. The van der Waals surface area contributed by atoms with E-state index >= 15 is 0 Å². The monoisotopic (exact) mass is 273 g/mol. The molecule has 0 saturated carbocycles. The number of nitrogens with zero attached hydrogens (tertiary/aromatic N) is 5. The fourth-order valence-corrected chi connectivity index (χ4v) is 2.17. The van der Waals surface area contributed by atoms with E-state index in [1.54, 1.807) is 17.2 Å². The van der Waals surface area contributed by atoms with Gasteiger partial charge < -0.3 is 4.90 Å². The standard InChI is InChI=1S/C13H12ClN5/c1-18(2)12-11-7-17-19(13(11)16-8-15-12)10-5-3-4-9(14)6-10/h3-8H,1-2H3. The third-order valence-corrected chi connectivity index (χ3v) is 3.06. The SMILES string of the molecule is CN(C)c1ncnc2c1cnn2-c1cccc(Cl)c1. The molecule has 0 radical (unpaired) electrons. The van der Waals surface area contributed by atoms with E-state index in [9.17, 15) is 0 Å². The van der Waals surface area contributed by atoms with Crippen molar-refractivity contribution in [2.75, 3.05) is 19.0 Å². The first-order valence-electron chi connectivity index (χ1n) is 5.79. The maximum atomic E-state index is 6.01. The van der Waals surface area contributed by atoms with Gasteiger partial charge >= 0.3 is 0 Å². The van der Waals surface area contributed by atoms with Crippen molar-refractivity contribution < 1.29 is 0 Å². The molecule has 0 bridgehead atoms. The summed E-state index contributed by atoms with van der Waals surface area (Å²) in [6.07, 6.45) is 3.31. The Morgan fingerprint density at radius 1 is 1.21 bits per heavy atom. The summed E-state index contributed by atoms with van der Waals surface area (Å²) in [7, 11) is 3.89. The molecule has 19 heavy (non-hydrogen) atoms. The van der Waals surface area contributed by atoms with Crippen LogP contribution in [0.1, 0.15) is 0 Å². The van der Waals surface area contributed by atoms with E-state index in [4.69, 9.17) is 11.6 Å². The summed E-state index contributed by atoms with van der Waals surface area (Å²) in [4.78, 5) is 10.5. The molecule has 0 fully saturated rings. The van der Waals surface area contributed by atoms with Crippen LogP contribution >= 0.6 is 11.6 Å². The van der Waals surface area contributed by atoms with Crippen LogP contribution in [0.5, 0.6) is 0 Å². The number of halogens is 1. The quantitative estimate of drug-likeness (QED) is 0.720. The van der Waals surface area contributed by atoms with Gasteiger partial charge in [-0.25, -0.2) is 14.6 Å². The number of rotatable bonds is 2. The normalized spacial score (nSPS) is 10.9. The zero-order valence-electron chi connectivity index (χ0n) is 10.6. The molecular formula is C13H12ClN5. The van der Waals surface area contributed by atoms with Crippen molar-refractivity contribution in [1.82, 2.24) is 19.7 Å². The van der Waals surface area contributed by atoms with E-state index in [0.29, 0.717) is 5.02 Å². The molecule has 0 saturated heterocycles. The zero-order valence-corrected chi connectivity index (χ0v) is 11.3. The lowest BCUT2D eigenvalue weighted by Gasteiger charge is -2.11. The van der Waals surface area contributed by atoms with E-state index in [-0.39, 0.29) is 0 Å². The summed E-state index contributed by atoms with van der Waals surface area (Å²) in [6, 6.07) is 7.51. The van der Waals surface area contributed by atoms with Gasteiger partial charge in [-0.2, -0.15) is 5.10 Å². The minimum absolute atomic E-state index is 0.669. The molecule has 3 rings (SSSR count). The highest BCUT2D eigenvalue weighted by Crippen LogP contribution is 2.24. The number of hydrogen-bond donors (Lipinski definition) is 0. The molecule has 0 spiro atoms.